The Bertz CT molecular complexity index is 1590. The lowest BCUT2D eigenvalue weighted by atomic mass is 9.94. The van der Waals surface area contributed by atoms with Gasteiger partial charge in [0.15, 0.2) is 0 Å². The van der Waals surface area contributed by atoms with Crippen molar-refractivity contribution in [3.8, 4) is 22.3 Å². The number of nitrogens with one attached hydrogen (secondary N) is 1. The minimum absolute atomic E-state index is 1.02. The highest BCUT2D eigenvalue weighted by Crippen LogP contribution is 2.34. The van der Waals surface area contributed by atoms with Gasteiger partial charge >= 0.3 is 0 Å². The van der Waals surface area contributed by atoms with Gasteiger partial charge in [-0.05, 0) is 55.3 Å². The normalized spacial score (nSPS) is 12.4. The van der Waals surface area contributed by atoms with E-state index in [-0.39, 0.29) is 0 Å². The van der Waals surface area contributed by atoms with E-state index in [4.69, 9.17) is 0 Å². The molecular weight excluding hydrogens is 398 g/mol. The van der Waals surface area contributed by atoms with Crippen molar-refractivity contribution in [2.75, 3.05) is 5.32 Å². The molecule has 0 fully saturated rings. The Morgan fingerprint density at radius 1 is 0.515 bits per heavy atom. The lowest BCUT2D eigenvalue weighted by Gasteiger charge is -2.13. The van der Waals surface area contributed by atoms with Crippen LogP contribution < -0.4 is 15.8 Å². The SMILES string of the molecule is C=c1cccc/c1=c1\cccc\c1=C/Nc1ccc(-c2ccccc2)c(-c2ccccc2)c1. The van der Waals surface area contributed by atoms with Gasteiger partial charge in [0.1, 0.15) is 0 Å². The second-order valence-corrected chi connectivity index (χ2v) is 8.03. The van der Waals surface area contributed by atoms with Crippen molar-refractivity contribution in [1.29, 1.82) is 0 Å². The molecule has 33 heavy (non-hydrogen) atoms. The van der Waals surface area contributed by atoms with E-state index >= 15 is 0 Å². The highest BCUT2D eigenvalue weighted by atomic mass is 14.8. The monoisotopic (exact) mass is 423 g/mol. The first kappa shape index (κ1) is 20.5. The molecule has 0 spiro atoms. The maximum Gasteiger partial charge on any atom is 0.0386 e. The van der Waals surface area contributed by atoms with Crippen LogP contribution in [0.25, 0.3) is 35.0 Å². The number of hydrogen-bond acceptors (Lipinski definition) is 1. The first-order valence-corrected chi connectivity index (χ1v) is 11.1. The number of rotatable bonds is 4. The van der Waals surface area contributed by atoms with Gasteiger partial charge in [0.05, 0.1) is 0 Å². The third-order valence-corrected chi connectivity index (χ3v) is 5.85. The van der Waals surface area contributed by atoms with E-state index in [1.807, 2.05) is 12.1 Å². The third kappa shape index (κ3) is 4.49. The van der Waals surface area contributed by atoms with Crippen LogP contribution in [0.5, 0.6) is 0 Å². The molecule has 0 amide bonds. The van der Waals surface area contributed by atoms with Crippen molar-refractivity contribution in [3.05, 3.63) is 148 Å². The first-order valence-electron chi connectivity index (χ1n) is 11.1. The third-order valence-electron chi connectivity index (χ3n) is 5.85. The summed E-state index contributed by atoms with van der Waals surface area (Å²) in [5.41, 5.74) is 5.89. The molecule has 0 aromatic heterocycles. The van der Waals surface area contributed by atoms with Gasteiger partial charge in [-0.1, -0.05) is 122 Å². The van der Waals surface area contributed by atoms with E-state index < -0.39 is 0 Å². The molecule has 0 heterocycles. The molecule has 0 radical (unpaired) electrons. The molecule has 5 rings (SSSR count). The van der Waals surface area contributed by atoms with E-state index in [1.54, 1.807) is 0 Å². The standard InChI is InChI=1S/C32H25N/c1-24-12-8-10-18-29(24)30-19-11-9-17-27(30)23-33-28-20-21-31(25-13-4-2-5-14-25)32(22-28)26-15-6-3-7-16-26/h2-23,33H,1H2/b27-23+,30-29-. The Hall–Kier alpha value is -4.36. The summed E-state index contributed by atoms with van der Waals surface area (Å²) in [5.74, 6) is 0. The van der Waals surface area contributed by atoms with Gasteiger partial charge in [-0.25, -0.2) is 0 Å². The van der Waals surface area contributed by atoms with Crippen LogP contribution in [0.2, 0.25) is 0 Å². The summed E-state index contributed by atoms with van der Waals surface area (Å²) in [7, 11) is 0. The smallest absolute Gasteiger partial charge is 0.0386 e. The lowest BCUT2D eigenvalue weighted by Crippen LogP contribution is -2.10. The average molecular weight is 424 g/mol. The van der Waals surface area contributed by atoms with Crippen molar-refractivity contribution in [2.24, 2.45) is 0 Å². The Balaban J connectivity index is 1.63. The summed E-state index contributed by atoms with van der Waals surface area (Å²) in [6, 6.07) is 44.3. The van der Waals surface area contributed by atoms with Gasteiger partial charge in [-0.3, -0.25) is 0 Å². The minimum Gasteiger partial charge on any atom is -0.361 e. The molecule has 0 aliphatic carbocycles. The van der Waals surface area contributed by atoms with Gasteiger partial charge in [-0.2, -0.15) is 0 Å². The molecule has 5 aromatic rings. The Kier molecular flexibility index (Phi) is 5.86. The topological polar surface area (TPSA) is 12.0 Å². The molecule has 1 heteroatoms. The second kappa shape index (κ2) is 9.42. The van der Waals surface area contributed by atoms with E-state index in [9.17, 15) is 0 Å². The average Bonchev–Trinajstić information content (AvgIpc) is 2.89. The predicted molar refractivity (Wildman–Crippen MR) is 141 cm³/mol. The fourth-order valence-corrected chi connectivity index (χ4v) is 4.17. The Morgan fingerprint density at radius 3 is 1.79 bits per heavy atom. The number of anilines is 1. The highest BCUT2D eigenvalue weighted by molar-refractivity contribution is 5.86. The van der Waals surface area contributed by atoms with Crippen LogP contribution in [-0.2, 0) is 0 Å². The maximum atomic E-state index is 4.21. The fourth-order valence-electron chi connectivity index (χ4n) is 4.17. The highest BCUT2D eigenvalue weighted by Gasteiger charge is 2.08. The summed E-state index contributed by atoms with van der Waals surface area (Å²) in [6.45, 7) is 4.21. The van der Waals surface area contributed by atoms with Crippen LogP contribution in [0.3, 0.4) is 0 Å². The number of hydrogen-bond donors (Lipinski definition) is 1. The summed E-state index contributed by atoms with van der Waals surface area (Å²) >= 11 is 0. The van der Waals surface area contributed by atoms with Crippen molar-refractivity contribution in [3.63, 3.8) is 0 Å². The molecule has 0 saturated heterocycles. The molecule has 0 unspecified atom stereocenters. The van der Waals surface area contributed by atoms with Crippen LogP contribution in [0.4, 0.5) is 5.69 Å². The largest absolute Gasteiger partial charge is 0.361 e. The lowest BCUT2D eigenvalue weighted by molar-refractivity contribution is 1.40. The van der Waals surface area contributed by atoms with Gasteiger partial charge < -0.3 is 5.32 Å². The fraction of sp³-hybridized carbons (Fsp3) is 0. The molecule has 0 aliphatic heterocycles. The molecular formula is C32H25N. The van der Waals surface area contributed by atoms with Crippen LogP contribution in [0.15, 0.2) is 127 Å². The minimum atomic E-state index is 1.02. The molecule has 1 nitrogen and oxygen atoms in total. The van der Waals surface area contributed by atoms with Gasteiger partial charge in [0, 0.05) is 11.9 Å². The Morgan fingerprint density at radius 2 is 1.09 bits per heavy atom. The van der Waals surface area contributed by atoms with E-state index in [0.717, 1.165) is 21.3 Å². The summed E-state index contributed by atoms with van der Waals surface area (Å²) in [6.07, 6.45) is 2.08. The summed E-state index contributed by atoms with van der Waals surface area (Å²) in [4.78, 5) is 0. The van der Waals surface area contributed by atoms with E-state index in [2.05, 4.69) is 133 Å². The van der Waals surface area contributed by atoms with Gasteiger partial charge in [-0.15, -0.1) is 0 Å². The predicted octanol–water partition coefficient (Wildman–Crippen LogP) is 6.57. The van der Waals surface area contributed by atoms with Crippen LogP contribution in [0.1, 0.15) is 0 Å². The number of benzene rings is 5. The summed E-state index contributed by atoms with van der Waals surface area (Å²) in [5, 5.41) is 8.00. The molecule has 5 aromatic carbocycles. The molecule has 0 bridgehead atoms. The van der Waals surface area contributed by atoms with Crippen LogP contribution in [-0.4, -0.2) is 0 Å². The van der Waals surface area contributed by atoms with Crippen molar-refractivity contribution in [2.45, 2.75) is 0 Å². The van der Waals surface area contributed by atoms with Crippen molar-refractivity contribution in [1.82, 2.24) is 0 Å². The molecule has 0 aliphatic rings. The van der Waals surface area contributed by atoms with Gasteiger partial charge in [0.2, 0.25) is 0 Å². The van der Waals surface area contributed by atoms with E-state index in [1.165, 1.54) is 27.5 Å². The first-order chi connectivity index (χ1) is 16.3. The zero-order chi connectivity index (χ0) is 22.5. The van der Waals surface area contributed by atoms with Crippen LogP contribution in [0, 0.1) is 10.4 Å². The van der Waals surface area contributed by atoms with Crippen molar-refractivity contribution >= 4 is 18.5 Å². The Labute approximate surface area is 194 Å². The van der Waals surface area contributed by atoms with E-state index in [0.29, 0.717) is 0 Å². The quantitative estimate of drug-likeness (QED) is 0.345. The maximum absolute atomic E-state index is 4.21. The molecule has 158 valence electrons. The van der Waals surface area contributed by atoms with Crippen LogP contribution >= 0.6 is 0 Å². The second-order valence-electron chi connectivity index (χ2n) is 8.03. The zero-order valence-electron chi connectivity index (χ0n) is 18.4. The molecule has 1 N–H and O–H groups in total. The van der Waals surface area contributed by atoms with Crippen molar-refractivity contribution < 1.29 is 0 Å². The summed E-state index contributed by atoms with van der Waals surface area (Å²) < 4.78 is 0. The zero-order valence-corrected chi connectivity index (χ0v) is 18.4. The van der Waals surface area contributed by atoms with Gasteiger partial charge in [0.25, 0.3) is 0 Å². The molecule has 0 saturated carbocycles. The molecule has 0 atom stereocenters.